The van der Waals surface area contributed by atoms with Crippen molar-refractivity contribution in [1.82, 2.24) is 0 Å². The number of nitrogens with one attached hydrogen (secondary N) is 1. The fourth-order valence-electron chi connectivity index (χ4n) is 3.15. The molecule has 0 spiro atoms. The molecule has 2 amide bonds. The molecule has 1 fully saturated rings. The van der Waals surface area contributed by atoms with Crippen LogP contribution < -0.4 is 19.7 Å². The monoisotopic (exact) mass is 418 g/mol. The minimum Gasteiger partial charge on any atom is -0.454 e. The highest BCUT2D eigenvalue weighted by Gasteiger charge is 2.23. The van der Waals surface area contributed by atoms with Crippen molar-refractivity contribution < 1.29 is 19.1 Å². The van der Waals surface area contributed by atoms with Crippen LogP contribution in [-0.4, -0.2) is 25.2 Å². The first-order chi connectivity index (χ1) is 13.5. The summed E-state index contributed by atoms with van der Waals surface area (Å²) in [6.45, 7) is 0.785. The second kappa shape index (κ2) is 7.73. The van der Waals surface area contributed by atoms with E-state index in [1.807, 2.05) is 0 Å². The van der Waals surface area contributed by atoms with Crippen LogP contribution in [0.25, 0.3) is 6.08 Å². The van der Waals surface area contributed by atoms with E-state index in [0.29, 0.717) is 51.4 Å². The van der Waals surface area contributed by atoms with Crippen LogP contribution in [0.3, 0.4) is 0 Å². The Labute approximate surface area is 171 Å². The summed E-state index contributed by atoms with van der Waals surface area (Å²) in [7, 11) is 0. The first-order valence-corrected chi connectivity index (χ1v) is 9.45. The Morgan fingerprint density at radius 1 is 1.14 bits per heavy atom. The van der Waals surface area contributed by atoms with Gasteiger partial charge < -0.3 is 19.7 Å². The van der Waals surface area contributed by atoms with Gasteiger partial charge in [-0.1, -0.05) is 23.2 Å². The highest BCUT2D eigenvalue weighted by Crippen LogP contribution is 2.40. The SMILES string of the molecule is O=C(C=Cc1cc(Cl)c2c(c1)OCO2)Nc1ccc(N2CCCC2=O)c(Cl)c1. The van der Waals surface area contributed by atoms with E-state index >= 15 is 0 Å². The lowest BCUT2D eigenvalue weighted by Gasteiger charge is -2.17. The third-order valence-electron chi connectivity index (χ3n) is 4.46. The summed E-state index contributed by atoms with van der Waals surface area (Å²) in [4.78, 5) is 25.7. The van der Waals surface area contributed by atoms with E-state index in [-0.39, 0.29) is 18.6 Å². The Bertz CT molecular complexity index is 990. The zero-order valence-electron chi connectivity index (χ0n) is 14.7. The molecule has 0 bridgehead atoms. The molecule has 2 aromatic carbocycles. The Morgan fingerprint density at radius 3 is 2.75 bits per heavy atom. The van der Waals surface area contributed by atoms with Crippen molar-refractivity contribution >= 4 is 52.5 Å². The topological polar surface area (TPSA) is 67.9 Å². The predicted molar refractivity (Wildman–Crippen MR) is 108 cm³/mol. The molecule has 1 saturated heterocycles. The molecule has 4 rings (SSSR count). The van der Waals surface area contributed by atoms with E-state index < -0.39 is 0 Å². The molecule has 28 heavy (non-hydrogen) atoms. The zero-order valence-corrected chi connectivity index (χ0v) is 16.2. The molecule has 2 aromatic rings. The van der Waals surface area contributed by atoms with Gasteiger partial charge in [0.2, 0.25) is 18.6 Å². The first-order valence-electron chi connectivity index (χ1n) is 8.69. The van der Waals surface area contributed by atoms with Gasteiger partial charge in [-0.25, -0.2) is 0 Å². The van der Waals surface area contributed by atoms with Gasteiger partial charge in [0.1, 0.15) is 0 Å². The molecule has 0 radical (unpaired) electrons. The van der Waals surface area contributed by atoms with Gasteiger partial charge in [0, 0.05) is 24.7 Å². The Kier molecular flexibility index (Phi) is 5.15. The maximum Gasteiger partial charge on any atom is 0.248 e. The summed E-state index contributed by atoms with van der Waals surface area (Å²) in [5, 5.41) is 3.59. The average molecular weight is 419 g/mol. The molecule has 0 aromatic heterocycles. The predicted octanol–water partition coefficient (Wildman–Crippen LogP) is 4.50. The molecular weight excluding hydrogens is 403 g/mol. The second-order valence-corrected chi connectivity index (χ2v) is 7.19. The van der Waals surface area contributed by atoms with Crippen molar-refractivity contribution in [3.8, 4) is 11.5 Å². The summed E-state index contributed by atoms with van der Waals surface area (Å²) >= 11 is 12.4. The zero-order chi connectivity index (χ0) is 19.7. The summed E-state index contributed by atoms with van der Waals surface area (Å²) in [5.74, 6) is 0.791. The van der Waals surface area contributed by atoms with Gasteiger partial charge in [-0.2, -0.15) is 0 Å². The van der Waals surface area contributed by atoms with Gasteiger partial charge in [-0.15, -0.1) is 0 Å². The number of rotatable bonds is 4. The van der Waals surface area contributed by atoms with Crippen LogP contribution in [0.4, 0.5) is 11.4 Å². The van der Waals surface area contributed by atoms with Crippen molar-refractivity contribution in [3.05, 3.63) is 52.0 Å². The maximum absolute atomic E-state index is 12.2. The lowest BCUT2D eigenvalue weighted by atomic mass is 10.2. The number of halogens is 2. The standard InChI is InChI=1S/C20H16Cl2N2O4/c21-14-10-13(4-5-16(14)24-7-1-2-19(24)26)23-18(25)6-3-12-8-15(22)20-17(9-12)27-11-28-20/h3-6,8-10H,1-2,7,11H2,(H,23,25). The number of carbonyl (C=O) groups excluding carboxylic acids is 2. The lowest BCUT2D eigenvalue weighted by molar-refractivity contribution is -0.117. The van der Waals surface area contributed by atoms with Crippen molar-refractivity contribution in [2.75, 3.05) is 23.6 Å². The molecule has 6 nitrogen and oxygen atoms in total. The van der Waals surface area contributed by atoms with Crippen molar-refractivity contribution in [1.29, 1.82) is 0 Å². The Balaban J connectivity index is 1.44. The van der Waals surface area contributed by atoms with Crippen LogP contribution in [0.15, 0.2) is 36.4 Å². The summed E-state index contributed by atoms with van der Waals surface area (Å²) in [6, 6.07) is 8.53. The number of benzene rings is 2. The molecule has 2 heterocycles. The number of fused-ring (bicyclic) bond motifs is 1. The minimum absolute atomic E-state index is 0.0593. The highest BCUT2D eigenvalue weighted by atomic mass is 35.5. The van der Waals surface area contributed by atoms with Crippen LogP contribution in [0.2, 0.25) is 10.0 Å². The first kappa shape index (κ1) is 18.7. The van der Waals surface area contributed by atoms with E-state index in [9.17, 15) is 9.59 Å². The van der Waals surface area contributed by atoms with Crippen molar-refractivity contribution in [2.45, 2.75) is 12.8 Å². The van der Waals surface area contributed by atoms with E-state index in [4.69, 9.17) is 32.7 Å². The summed E-state index contributed by atoms with van der Waals surface area (Å²) < 4.78 is 10.6. The van der Waals surface area contributed by atoms with Gasteiger partial charge >= 0.3 is 0 Å². The summed E-state index contributed by atoms with van der Waals surface area (Å²) in [6.07, 6.45) is 4.37. The molecule has 2 aliphatic heterocycles. The number of ether oxygens (including phenoxy) is 2. The lowest BCUT2D eigenvalue weighted by Crippen LogP contribution is -2.24. The van der Waals surface area contributed by atoms with Crippen LogP contribution in [0.1, 0.15) is 18.4 Å². The van der Waals surface area contributed by atoms with Crippen LogP contribution >= 0.6 is 23.2 Å². The van der Waals surface area contributed by atoms with Crippen molar-refractivity contribution in [2.24, 2.45) is 0 Å². The van der Waals surface area contributed by atoms with Gasteiger partial charge in [-0.3, -0.25) is 9.59 Å². The number of anilines is 2. The minimum atomic E-state index is -0.324. The van der Waals surface area contributed by atoms with E-state index in [2.05, 4.69) is 5.32 Å². The number of carbonyl (C=O) groups is 2. The smallest absolute Gasteiger partial charge is 0.248 e. The maximum atomic E-state index is 12.2. The second-order valence-electron chi connectivity index (χ2n) is 6.37. The number of amides is 2. The average Bonchev–Trinajstić information content (AvgIpc) is 3.29. The Morgan fingerprint density at radius 2 is 2.00 bits per heavy atom. The van der Waals surface area contributed by atoms with E-state index in [1.54, 1.807) is 41.3 Å². The van der Waals surface area contributed by atoms with Crippen LogP contribution in [-0.2, 0) is 9.59 Å². The van der Waals surface area contributed by atoms with Crippen LogP contribution in [0, 0.1) is 0 Å². The fraction of sp³-hybridized carbons (Fsp3) is 0.200. The fourth-order valence-corrected chi connectivity index (χ4v) is 3.70. The number of hydrogen-bond donors (Lipinski definition) is 1. The molecule has 1 N–H and O–H groups in total. The highest BCUT2D eigenvalue weighted by molar-refractivity contribution is 6.34. The van der Waals surface area contributed by atoms with Gasteiger partial charge in [0.05, 0.1) is 15.7 Å². The molecule has 8 heteroatoms. The van der Waals surface area contributed by atoms with E-state index in [1.165, 1.54) is 6.08 Å². The van der Waals surface area contributed by atoms with Gasteiger partial charge in [0.15, 0.2) is 11.5 Å². The van der Waals surface area contributed by atoms with E-state index in [0.717, 1.165) is 6.42 Å². The molecule has 0 unspecified atom stereocenters. The molecule has 0 atom stereocenters. The van der Waals surface area contributed by atoms with Gasteiger partial charge in [0.25, 0.3) is 0 Å². The Hall–Kier alpha value is -2.70. The quantitative estimate of drug-likeness (QED) is 0.742. The normalized spacial score (nSPS) is 15.5. The third kappa shape index (κ3) is 3.79. The third-order valence-corrected chi connectivity index (χ3v) is 5.04. The summed E-state index contributed by atoms with van der Waals surface area (Å²) in [5.41, 5.74) is 1.91. The van der Waals surface area contributed by atoms with Crippen LogP contribution in [0.5, 0.6) is 11.5 Å². The van der Waals surface area contributed by atoms with Crippen molar-refractivity contribution in [3.63, 3.8) is 0 Å². The molecule has 0 saturated carbocycles. The molecule has 0 aliphatic carbocycles. The molecular formula is C20H16Cl2N2O4. The number of nitrogens with zero attached hydrogens (tertiary/aromatic N) is 1. The largest absolute Gasteiger partial charge is 0.454 e. The van der Waals surface area contributed by atoms with Gasteiger partial charge in [-0.05, 0) is 48.4 Å². The molecule has 144 valence electrons. The molecule has 2 aliphatic rings. The number of hydrogen-bond acceptors (Lipinski definition) is 4.